The quantitative estimate of drug-likeness (QED) is 0.328. The van der Waals surface area contributed by atoms with Crippen molar-refractivity contribution in [1.82, 2.24) is 24.8 Å². The van der Waals surface area contributed by atoms with Gasteiger partial charge in [-0.1, -0.05) is 12.7 Å². The highest BCUT2D eigenvalue weighted by molar-refractivity contribution is 7.92. The molecule has 0 saturated carbocycles. The standard InChI is InChI=1S/C32H43N9O5S/c1-6-22-21-33-32(37-30(22)34-24-7-9-26-29(46-20-19-45-26)28(24)39(3)47(5,42)43)35-25-8-10-27(36-31(25)44-4)41-13-11-23(12-14-41)40-17-15-38(2)16-18-40/h6-10,21,23H,1,11-20H2,2-5H3,(H2,33,34,35,37). The molecule has 2 aromatic heterocycles. The zero-order valence-corrected chi connectivity index (χ0v) is 28.2. The van der Waals surface area contributed by atoms with E-state index in [1.807, 2.05) is 12.1 Å². The van der Waals surface area contributed by atoms with Gasteiger partial charge < -0.3 is 34.6 Å². The maximum Gasteiger partial charge on any atom is 0.239 e. The molecule has 47 heavy (non-hydrogen) atoms. The van der Waals surface area contributed by atoms with Crippen molar-refractivity contribution >= 4 is 50.7 Å². The SMILES string of the molecule is C=Cc1cnc(Nc2ccc(N3CCC(N4CCN(C)CC4)CC3)nc2OC)nc1Nc1ccc2c(c1N(C)S(C)(=O)=O)OCCO2. The molecule has 6 rings (SSSR count). The number of piperazine rings is 1. The lowest BCUT2D eigenvalue weighted by Gasteiger charge is -2.42. The van der Waals surface area contributed by atoms with E-state index < -0.39 is 10.0 Å². The zero-order valence-electron chi connectivity index (χ0n) is 27.4. The Labute approximate surface area is 276 Å². The van der Waals surface area contributed by atoms with E-state index in [1.165, 1.54) is 7.05 Å². The van der Waals surface area contributed by atoms with Crippen molar-refractivity contribution < 1.29 is 22.6 Å². The highest BCUT2D eigenvalue weighted by Crippen LogP contribution is 2.46. The summed E-state index contributed by atoms with van der Waals surface area (Å²) in [5.74, 6) is 2.79. The second-order valence-electron chi connectivity index (χ2n) is 12.0. The number of hydrogen-bond donors (Lipinski definition) is 2. The topological polar surface area (TPSA) is 138 Å². The molecule has 3 aromatic rings. The minimum Gasteiger partial charge on any atom is -0.486 e. The molecule has 3 aliphatic heterocycles. The van der Waals surface area contributed by atoms with Gasteiger partial charge >= 0.3 is 0 Å². The number of likely N-dealkylation sites (N-methyl/N-ethyl adjacent to an activating group) is 1. The average molecular weight is 666 g/mol. The average Bonchev–Trinajstić information content (AvgIpc) is 3.08. The second kappa shape index (κ2) is 13.8. The van der Waals surface area contributed by atoms with E-state index in [1.54, 1.807) is 31.5 Å². The van der Waals surface area contributed by atoms with Crippen LogP contribution in [0.15, 0.2) is 37.0 Å². The van der Waals surface area contributed by atoms with Crippen LogP contribution >= 0.6 is 0 Å². The molecule has 0 unspecified atom stereocenters. The molecule has 2 N–H and O–H groups in total. The summed E-state index contributed by atoms with van der Waals surface area (Å²) in [6.07, 6.45) is 6.59. The van der Waals surface area contributed by atoms with E-state index in [2.05, 4.69) is 43.9 Å². The van der Waals surface area contributed by atoms with Crippen molar-refractivity contribution in [2.75, 3.05) is 99.8 Å². The Hall–Kier alpha value is -4.34. The minimum atomic E-state index is -3.63. The Bertz CT molecular complexity index is 1710. The Morgan fingerprint density at radius 3 is 2.43 bits per heavy atom. The summed E-state index contributed by atoms with van der Waals surface area (Å²) in [6, 6.07) is 7.99. The number of aromatic nitrogens is 3. The van der Waals surface area contributed by atoms with Crippen molar-refractivity contribution in [2.45, 2.75) is 18.9 Å². The van der Waals surface area contributed by atoms with E-state index in [0.717, 1.165) is 68.5 Å². The molecule has 5 heterocycles. The van der Waals surface area contributed by atoms with Crippen molar-refractivity contribution in [3.05, 3.63) is 42.6 Å². The van der Waals surface area contributed by atoms with Crippen LogP contribution in [0.2, 0.25) is 0 Å². The third kappa shape index (κ3) is 7.16. The number of pyridine rings is 1. The van der Waals surface area contributed by atoms with Crippen LogP contribution < -0.4 is 34.0 Å². The highest BCUT2D eigenvalue weighted by atomic mass is 32.2. The van der Waals surface area contributed by atoms with Crippen molar-refractivity contribution in [1.29, 1.82) is 0 Å². The minimum absolute atomic E-state index is 0.287. The molecule has 3 aliphatic rings. The van der Waals surface area contributed by atoms with Crippen molar-refractivity contribution in [2.24, 2.45) is 0 Å². The van der Waals surface area contributed by atoms with Crippen LogP contribution in [-0.4, -0.2) is 119 Å². The van der Waals surface area contributed by atoms with E-state index >= 15 is 0 Å². The van der Waals surface area contributed by atoms with Gasteiger partial charge in [0.25, 0.3) is 0 Å². The van der Waals surface area contributed by atoms with Gasteiger partial charge in [-0.15, -0.1) is 0 Å². The third-order valence-electron chi connectivity index (χ3n) is 8.91. The lowest BCUT2D eigenvalue weighted by Crippen LogP contribution is -2.52. The molecule has 2 fully saturated rings. The Morgan fingerprint density at radius 2 is 1.72 bits per heavy atom. The van der Waals surface area contributed by atoms with Crippen LogP contribution in [0.1, 0.15) is 18.4 Å². The van der Waals surface area contributed by atoms with Crippen LogP contribution in [0.25, 0.3) is 6.08 Å². The van der Waals surface area contributed by atoms with Gasteiger partial charge in [0, 0.05) is 64.1 Å². The molecule has 0 bridgehead atoms. The number of rotatable bonds is 10. The molecular weight excluding hydrogens is 622 g/mol. The summed E-state index contributed by atoms with van der Waals surface area (Å²) >= 11 is 0. The highest BCUT2D eigenvalue weighted by Gasteiger charge is 2.29. The molecule has 2 saturated heterocycles. The van der Waals surface area contributed by atoms with Crippen LogP contribution in [-0.2, 0) is 10.0 Å². The molecular formula is C32H43N9O5S. The monoisotopic (exact) mass is 665 g/mol. The maximum atomic E-state index is 12.6. The van der Waals surface area contributed by atoms with Gasteiger partial charge in [-0.3, -0.25) is 9.21 Å². The number of hydrogen-bond acceptors (Lipinski definition) is 13. The molecule has 0 radical (unpaired) electrons. The number of fused-ring (bicyclic) bond motifs is 1. The summed E-state index contributed by atoms with van der Waals surface area (Å²) in [5, 5.41) is 6.50. The number of ether oxygens (including phenoxy) is 3. The largest absolute Gasteiger partial charge is 0.486 e. The summed E-state index contributed by atoms with van der Waals surface area (Å²) in [5.41, 5.74) is 1.98. The van der Waals surface area contributed by atoms with E-state index in [9.17, 15) is 8.42 Å². The van der Waals surface area contributed by atoms with E-state index in [0.29, 0.717) is 65.1 Å². The second-order valence-corrected chi connectivity index (χ2v) is 14.0. The molecule has 0 spiro atoms. The first-order chi connectivity index (χ1) is 22.6. The number of nitrogens with zero attached hydrogens (tertiary/aromatic N) is 7. The first-order valence-electron chi connectivity index (χ1n) is 15.8. The van der Waals surface area contributed by atoms with Gasteiger partial charge in [-0.2, -0.15) is 9.97 Å². The van der Waals surface area contributed by atoms with Gasteiger partial charge in [-0.05, 0) is 44.2 Å². The van der Waals surface area contributed by atoms with Crippen LogP contribution in [0.3, 0.4) is 0 Å². The van der Waals surface area contributed by atoms with Gasteiger partial charge in [0.05, 0.1) is 19.1 Å². The van der Waals surface area contributed by atoms with Gasteiger partial charge in [0.1, 0.15) is 36.2 Å². The van der Waals surface area contributed by atoms with Crippen molar-refractivity contribution in [3.63, 3.8) is 0 Å². The van der Waals surface area contributed by atoms with Crippen LogP contribution in [0.5, 0.6) is 17.4 Å². The fraction of sp³-hybridized carbons (Fsp3) is 0.469. The molecule has 0 atom stereocenters. The molecule has 14 nitrogen and oxygen atoms in total. The van der Waals surface area contributed by atoms with Gasteiger partial charge in [0.2, 0.25) is 21.9 Å². The normalized spacial score (nSPS) is 17.7. The van der Waals surface area contributed by atoms with Crippen molar-refractivity contribution in [3.8, 4) is 17.4 Å². The van der Waals surface area contributed by atoms with Gasteiger partial charge in [0.15, 0.2) is 11.5 Å². The molecule has 252 valence electrons. The first kappa shape index (κ1) is 32.6. The smallest absolute Gasteiger partial charge is 0.239 e. The third-order valence-corrected chi connectivity index (χ3v) is 10.1. The predicted molar refractivity (Wildman–Crippen MR) is 184 cm³/mol. The van der Waals surface area contributed by atoms with Crippen LogP contribution in [0, 0.1) is 0 Å². The van der Waals surface area contributed by atoms with E-state index in [4.69, 9.17) is 24.2 Å². The maximum absolute atomic E-state index is 12.6. The zero-order chi connectivity index (χ0) is 33.1. The Kier molecular flexibility index (Phi) is 9.57. The fourth-order valence-corrected chi connectivity index (χ4v) is 6.65. The summed E-state index contributed by atoms with van der Waals surface area (Å²) in [7, 11) is 1.61. The summed E-state index contributed by atoms with van der Waals surface area (Å²) in [6.45, 7) is 11.0. The van der Waals surface area contributed by atoms with Crippen LogP contribution in [0.4, 0.5) is 34.6 Å². The number of nitrogens with one attached hydrogen (secondary N) is 2. The number of sulfonamides is 1. The summed E-state index contributed by atoms with van der Waals surface area (Å²) < 4.78 is 43.6. The molecule has 15 heteroatoms. The number of anilines is 6. The molecule has 1 aromatic carbocycles. The number of piperidine rings is 1. The lowest BCUT2D eigenvalue weighted by molar-refractivity contribution is 0.0981. The Morgan fingerprint density at radius 1 is 1.00 bits per heavy atom. The fourth-order valence-electron chi connectivity index (χ4n) is 6.13. The predicted octanol–water partition coefficient (Wildman–Crippen LogP) is 3.39. The molecule has 0 aliphatic carbocycles. The molecule has 0 amide bonds. The number of methoxy groups -OCH3 is 1. The first-order valence-corrected chi connectivity index (χ1v) is 17.6. The van der Waals surface area contributed by atoms with E-state index in [-0.39, 0.29) is 5.95 Å². The number of benzene rings is 1. The lowest BCUT2D eigenvalue weighted by atomic mass is 10.0. The summed E-state index contributed by atoms with van der Waals surface area (Å²) in [4.78, 5) is 21.3. The Balaban J connectivity index is 1.20. The van der Waals surface area contributed by atoms with Gasteiger partial charge in [-0.25, -0.2) is 13.4 Å².